The predicted octanol–water partition coefficient (Wildman–Crippen LogP) is 4.66. The lowest BCUT2D eigenvalue weighted by Crippen LogP contribution is -2.40. The van der Waals surface area contributed by atoms with E-state index < -0.39 is 11.7 Å². The summed E-state index contributed by atoms with van der Waals surface area (Å²) in [6, 6.07) is 17.0. The van der Waals surface area contributed by atoms with Gasteiger partial charge in [0.25, 0.3) is 11.7 Å². The van der Waals surface area contributed by atoms with E-state index in [1.165, 1.54) is 0 Å². The Morgan fingerprint density at radius 1 is 0.882 bits per heavy atom. The van der Waals surface area contributed by atoms with Crippen LogP contribution < -0.4 is 0 Å². The number of amides is 2. The number of rotatable bonds is 7. The van der Waals surface area contributed by atoms with Crippen molar-refractivity contribution in [1.82, 2.24) is 14.4 Å². The molecule has 1 saturated heterocycles. The third-order valence-corrected chi connectivity index (χ3v) is 6.57. The van der Waals surface area contributed by atoms with Gasteiger partial charge in [-0.05, 0) is 38.3 Å². The Morgan fingerprint density at radius 3 is 2.21 bits per heavy atom. The van der Waals surface area contributed by atoms with Gasteiger partial charge in [-0.15, -0.1) is 0 Å². The molecule has 0 bridgehead atoms. The van der Waals surface area contributed by atoms with E-state index in [1.807, 2.05) is 77.9 Å². The average molecular weight is 460 g/mol. The molecule has 2 heterocycles. The molecule has 1 aromatic heterocycles. The second kappa shape index (κ2) is 10.7. The number of carbonyl (C=O) groups is 3. The van der Waals surface area contributed by atoms with Crippen LogP contribution in [0.4, 0.5) is 0 Å². The van der Waals surface area contributed by atoms with Crippen LogP contribution in [0.1, 0.15) is 55.5 Å². The fourth-order valence-electron chi connectivity index (χ4n) is 4.64. The molecular formula is C28H33N3O3. The number of Topliss-reactive ketones (excluding diaryl/α,β-unsaturated/α-hetero) is 1. The number of benzene rings is 2. The van der Waals surface area contributed by atoms with Crippen molar-refractivity contribution in [2.24, 2.45) is 0 Å². The zero-order valence-corrected chi connectivity index (χ0v) is 20.1. The first kappa shape index (κ1) is 23.7. The van der Waals surface area contributed by atoms with Gasteiger partial charge >= 0.3 is 0 Å². The quantitative estimate of drug-likeness (QED) is 0.381. The van der Waals surface area contributed by atoms with E-state index in [1.54, 1.807) is 11.1 Å². The van der Waals surface area contributed by atoms with E-state index in [9.17, 15) is 14.4 Å². The molecule has 4 rings (SSSR count). The van der Waals surface area contributed by atoms with Crippen molar-refractivity contribution in [1.29, 1.82) is 0 Å². The number of para-hydroxylation sites is 1. The lowest BCUT2D eigenvalue weighted by molar-refractivity contribution is -0.131. The number of fused-ring (bicyclic) bond motifs is 1. The molecule has 1 fully saturated rings. The molecule has 0 aliphatic carbocycles. The Balaban J connectivity index is 1.60. The number of nitrogens with zero attached hydrogens (tertiary/aromatic N) is 3. The second-order valence-electron chi connectivity index (χ2n) is 9.32. The van der Waals surface area contributed by atoms with E-state index >= 15 is 0 Å². The average Bonchev–Trinajstić information content (AvgIpc) is 3.01. The fraction of sp³-hybridized carbons (Fsp3) is 0.393. The smallest absolute Gasteiger partial charge is 0.295 e. The van der Waals surface area contributed by atoms with Gasteiger partial charge in [0, 0.05) is 42.8 Å². The van der Waals surface area contributed by atoms with E-state index in [0.29, 0.717) is 17.5 Å². The molecule has 0 spiro atoms. The number of ketones is 1. The van der Waals surface area contributed by atoms with Gasteiger partial charge in [0.1, 0.15) is 6.54 Å². The summed E-state index contributed by atoms with van der Waals surface area (Å²) in [5.74, 6) is -1.01. The van der Waals surface area contributed by atoms with Gasteiger partial charge in [0.2, 0.25) is 5.91 Å². The van der Waals surface area contributed by atoms with Crippen molar-refractivity contribution in [3.8, 4) is 0 Å². The van der Waals surface area contributed by atoms with Gasteiger partial charge < -0.3 is 14.4 Å². The molecule has 178 valence electrons. The minimum absolute atomic E-state index is 0.0564. The number of hydrogen-bond acceptors (Lipinski definition) is 3. The molecule has 2 amide bonds. The summed E-state index contributed by atoms with van der Waals surface area (Å²) in [5, 5.41) is 0.702. The third-order valence-electron chi connectivity index (χ3n) is 6.57. The van der Waals surface area contributed by atoms with Crippen molar-refractivity contribution in [2.75, 3.05) is 13.1 Å². The van der Waals surface area contributed by atoms with Crippen molar-refractivity contribution < 1.29 is 14.4 Å². The molecule has 0 atom stereocenters. The molecule has 3 aromatic rings. The highest BCUT2D eigenvalue weighted by atomic mass is 16.2. The van der Waals surface area contributed by atoms with E-state index in [0.717, 1.165) is 49.9 Å². The van der Waals surface area contributed by atoms with E-state index in [4.69, 9.17) is 0 Å². The first-order chi connectivity index (χ1) is 16.5. The number of likely N-dealkylation sites (tertiary alicyclic amines) is 1. The zero-order valence-electron chi connectivity index (χ0n) is 20.1. The summed E-state index contributed by atoms with van der Waals surface area (Å²) >= 11 is 0. The van der Waals surface area contributed by atoms with Gasteiger partial charge in [-0.3, -0.25) is 14.4 Å². The second-order valence-corrected chi connectivity index (χ2v) is 9.32. The Hall–Kier alpha value is -3.41. The normalized spacial score (nSPS) is 14.3. The van der Waals surface area contributed by atoms with Crippen LogP contribution in [-0.2, 0) is 22.7 Å². The molecule has 2 aromatic carbocycles. The van der Waals surface area contributed by atoms with Gasteiger partial charge in [0.15, 0.2) is 0 Å². The maximum Gasteiger partial charge on any atom is 0.295 e. The molecule has 0 saturated carbocycles. The lowest BCUT2D eigenvalue weighted by Gasteiger charge is -2.26. The van der Waals surface area contributed by atoms with Crippen molar-refractivity contribution in [3.63, 3.8) is 0 Å². The summed E-state index contributed by atoms with van der Waals surface area (Å²) in [6.07, 6.45) is 6.06. The van der Waals surface area contributed by atoms with Crippen molar-refractivity contribution in [2.45, 2.75) is 58.7 Å². The van der Waals surface area contributed by atoms with Gasteiger partial charge in [0.05, 0.1) is 5.56 Å². The molecule has 6 heteroatoms. The Bertz CT molecular complexity index is 1160. The first-order valence-electron chi connectivity index (χ1n) is 12.2. The van der Waals surface area contributed by atoms with Crippen LogP contribution in [0, 0.1) is 0 Å². The molecule has 34 heavy (non-hydrogen) atoms. The monoisotopic (exact) mass is 459 g/mol. The maximum absolute atomic E-state index is 13.4. The van der Waals surface area contributed by atoms with Crippen LogP contribution in [0.2, 0.25) is 0 Å². The van der Waals surface area contributed by atoms with Gasteiger partial charge in [-0.2, -0.15) is 0 Å². The van der Waals surface area contributed by atoms with Crippen molar-refractivity contribution in [3.05, 3.63) is 71.9 Å². The highest BCUT2D eigenvalue weighted by molar-refractivity contribution is 6.44. The highest BCUT2D eigenvalue weighted by Gasteiger charge is 2.28. The van der Waals surface area contributed by atoms with Crippen LogP contribution >= 0.6 is 0 Å². The van der Waals surface area contributed by atoms with Crippen molar-refractivity contribution >= 4 is 28.5 Å². The summed E-state index contributed by atoms with van der Waals surface area (Å²) < 4.78 is 1.82. The fourth-order valence-corrected chi connectivity index (χ4v) is 4.64. The Labute approximate surface area is 201 Å². The molecule has 1 aliphatic rings. The van der Waals surface area contributed by atoms with Gasteiger partial charge in [-0.25, -0.2) is 0 Å². The largest absolute Gasteiger partial charge is 0.341 e. The molecule has 1 aliphatic heterocycles. The topological polar surface area (TPSA) is 62.6 Å². The highest BCUT2D eigenvalue weighted by Crippen LogP contribution is 2.24. The van der Waals surface area contributed by atoms with Crippen LogP contribution in [0.3, 0.4) is 0 Å². The minimum Gasteiger partial charge on any atom is -0.341 e. The van der Waals surface area contributed by atoms with Crippen LogP contribution in [0.15, 0.2) is 60.8 Å². The number of hydrogen-bond donors (Lipinski definition) is 0. The lowest BCUT2D eigenvalue weighted by atomic mass is 10.1. The minimum atomic E-state index is -0.540. The van der Waals surface area contributed by atoms with Crippen LogP contribution in [-0.4, -0.2) is 51.1 Å². The predicted molar refractivity (Wildman–Crippen MR) is 133 cm³/mol. The standard InChI is InChI=1S/C28H33N3O3/c1-21(2)31(18-22-12-6-5-7-13-22)28(34)27(33)24-19-30(25-15-9-8-14-23(24)25)20-26(32)29-16-10-3-4-11-17-29/h5-9,12-15,19,21H,3-4,10-11,16-18,20H2,1-2H3. The van der Waals surface area contributed by atoms with Crippen LogP contribution in [0.5, 0.6) is 0 Å². The summed E-state index contributed by atoms with van der Waals surface area (Å²) in [4.78, 5) is 43.3. The van der Waals surface area contributed by atoms with E-state index in [2.05, 4.69) is 0 Å². The molecular weight excluding hydrogens is 426 g/mol. The van der Waals surface area contributed by atoms with E-state index in [-0.39, 0.29) is 18.5 Å². The summed E-state index contributed by atoms with van der Waals surface area (Å²) in [5.41, 5.74) is 2.12. The number of carbonyl (C=O) groups excluding carboxylic acids is 3. The molecule has 0 unspecified atom stereocenters. The van der Waals surface area contributed by atoms with Gasteiger partial charge in [-0.1, -0.05) is 61.4 Å². The molecule has 6 nitrogen and oxygen atoms in total. The molecule has 0 N–H and O–H groups in total. The van der Waals surface area contributed by atoms with Crippen LogP contribution in [0.25, 0.3) is 10.9 Å². The molecule has 0 radical (unpaired) electrons. The Kier molecular flexibility index (Phi) is 7.46. The third kappa shape index (κ3) is 5.22. The summed E-state index contributed by atoms with van der Waals surface area (Å²) in [7, 11) is 0. The zero-order chi connectivity index (χ0) is 24.1. The SMILES string of the molecule is CC(C)N(Cc1ccccc1)C(=O)C(=O)c1cn(CC(=O)N2CCCCCC2)c2ccccc12. The summed E-state index contributed by atoms with van der Waals surface area (Å²) in [6.45, 7) is 5.93. The number of aromatic nitrogens is 1. The Morgan fingerprint density at radius 2 is 1.53 bits per heavy atom. The first-order valence-corrected chi connectivity index (χ1v) is 12.2. The maximum atomic E-state index is 13.4.